The predicted molar refractivity (Wildman–Crippen MR) is 82.2 cm³/mol. The zero-order valence-electron chi connectivity index (χ0n) is 12.3. The van der Waals surface area contributed by atoms with Crippen LogP contribution in [0.1, 0.15) is 23.7 Å². The molecule has 0 bridgehead atoms. The summed E-state index contributed by atoms with van der Waals surface area (Å²) >= 11 is 0. The smallest absolute Gasteiger partial charge is 0.307 e. The second-order valence-electron chi connectivity index (χ2n) is 4.84. The normalized spacial score (nSPS) is 10.4. The zero-order valence-corrected chi connectivity index (χ0v) is 12.3. The summed E-state index contributed by atoms with van der Waals surface area (Å²) < 4.78 is 4.86. The Hall–Kier alpha value is -2.36. The topological polar surface area (TPSA) is 46.6 Å². The van der Waals surface area contributed by atoms with Crippen molar-refractivity contribution in [1.82, 2.24) is 4.90 Å². The minimum absolute atomic E-state index is 0.0925. The maximum Gasteiger partial charge on any atom is 0.307 e. The van der Waals surface area contributed by atoms with Crippen molar-refractivity contribution in [3.63, 3.8) is 0 Å². The van der Waals surface area contributed by atoms with Crippen LogP contribution in [-0.4, -0.2) is 37.0 Å². The highest BCUT2D eigenvalue weighted by molar-refractivity contribution is 5.98. The highest BCUT2D eigenvalue weighted by atomic mass is 16.5. The van der Waals surface area contributed by atoms with Gasteiger partial charge in [0.15, 0.2) is 0 Å². The molecule has 0 saturated heterocycles. The van der Waals surface area contributed by atoms with Gasteiger partial charge in [0.25, 0.3) is 5.91 Å². The molecule has 0 heterocycles. The molecule has 0 radical (unpaired) electrons. The van der Waals surface area contributed by atoms with E-state index in [4.69, 9.17) is 4.74 Å². The third kappa shape index (κ3) is 3.81. The number of carbonyl (C=O) groups excluding carboxylic acids is 2. The van der Waals surface area contributed by atoms with Crippen LogP contribution in [0.2, 0.25) is 0 Å². The van der Waals surface area contributed by atoms with Gasteiger partial charge in [-0.2, -0.15) is 0 Å². The Bertz CT molecular complexity index is 651. The lowest BCUT2D eigenvalue weighted by molar-refractivity contribution is -0.143. The molecule has 0 unspecified atom stereocenters. The lowest BCUT2D eigenvalue weighted by Gasteiger charge is -2.17. The van der Waals surface area contributed by atoms with Crippen LogP contribution in [0.15, 0.2) is 42.5 Å². The molecule has 2 rings (SSSR count). The van der Waals surface area contributed by atoms with E-state index < -0.39 is 0 Å². The van der Waals surface area contributed by atoms with Crippen LogP contribution in [0, 0.1) is 0 Å². The molecule has 0 N–H and O–H groups in total. The maximum absolute atomic E-state index is 12.3. The number of hydrogen-bond acceptors (Lipinski definition) is 3. The summed E-state index contributed by atoms with van der Waals surface area (Å²) in [5.74, 6) is -0.374. The number of esters is 1. The summed E-state index contributed by atoms with van der Waals surface area (Å²) in [6, 6.07) is 13.5. The van der Waals surface area contributed by atoms with Gasteiger partial charge >= 0.3 is 5.97 Å². The van der Waals surface area contributed by atoms with Crippen LogP contribution < -0.4 is 0 Å². The molecule has 0 aliphatic heterocycles. The number of nitrogens with zero attached hydrogens (tertiary/aromatic N) is 1. The average molecular weight is 285 g/mol. The fraction of sp³-hybridized carbons (Fsp3) is 0.294. The third-order valence-electron chi connectivity index (χ3n) is 3.30. The molecule has 0 aromatic heterocycles. The molecule has 110 valence electrons. The van der Waals surface area contributed by atoms with E-state index >= 15 is 0 Å². The molecule has 21 heavy (non-hydrogen) atoms. The first-order valence-corrected chi connectivity index (χ1v) is 7.01. The average Bonchev–Trinajstić information content (AvgIpc) is 2.51. The number of hydrogen-bond donors (Lipinski definition) is 0. The number of ether oxygens (including phenoxy) is 1. The summed E-state index contributed by atoms with van der Waals surface area (Å²) in [6.45, 7) is 2.48. The highest BCUT2D eigenvalue weighted by Crippen LogP contribution is 2.16. The standard InChI is InChI=1S/C17H19NO3/c1-3-21-16(19)10-11-18(2)17(20)15-9-8-13-6-4-5-7-14(13)12-15/h4-9,12H,3,10-11H2,1-2H3. The van der Waals surface area contributed by atoms with Gasteiger partial charge in [-0.1, -0.05) is 30.3 Å². The number of rotatable bonds is 5. The van der Waals surface area contributed by atoms with Crippen LogP contribution in [0.3, 0.4) is 0 Å². The van der Waals surface area contributed by atoms with Crippen molar-refractivity contribution in [1.29, 1.82) is 0 Å². The van der Waals surface area contributed by atoms with Gasteiger partial charge in [0.2, 0.25) is 0 Å². The lowest BCUT2D eigenvalue weighted by Crippen LogP contribution is -2.29. The first-order valence-electron chi connectivity index (χ1n) is 7.01. The van der Waals surface area contributed by atoms with Gasteiger partial charge in [0.1, 0.15) is 0 Å². The molecule has 4 heteroatoms. The Morgan fingerprint density at radius 1 is 1.10 bits per heavy atom. The monoisotopic (exact) mass is 285 g/mol. The third-order valence-corrected chi connectivity index (χ3v) is 3.30. The largest absolute Gasteiger partial charge is 0.466 e. The summed E-state index contributed by atoms with van der Waals surface area (Å²) in [6.07, 6.45) is 0.212. The molecular formula is C17H19NO3. The van der Waals surface area contributed by atoms with Crippen LogP contribution >= 0.6 is 0 Å². The molecule has 4 nitrogen and oxygen atoms in total. The summed E-state index contributed by atoms with van der Waals surface area (Å²) in [5.41, 5.74) is 0.625. The molecule has 0 spiro atoms. The van der Waals surface area contributed by atoms with Crippen molar-refractivity contribution >= 4 is 22.6 Å². The minimum Gasteiger partial charge on any atom is -0.466 e. The minimum atomic E-state index is -0.282. The Morgan fingerprint density at radius 2 is 1.81 bits per heavy atom. The quantitative estimate of drug-likeness (QED) is 0.794. The van der Waals surface area contributed by atoms with E-state index in [1.807, 2.05) is 42.5 Å². The van der Waals surface area contributed by atoms with E-state index in [2.05, 4.69) is 0 Å². The first kappa shape index (κ1) is 15.0. The summed E-state index contributed by atoms with van der Waals surface area (Å²) in [5, 5.41) is 2.13. The Labute approximate surface area is 124 Å². The van der Waals surface area contributed by atoms with E-state index in [0.717, 1.165) is 10.8 Å². The fourth-order valence-electron chi connectivity index (χ4n) is 2.14. The number of fused-ring (bicyclic) bond motifs is 1. The molecular weight excluding hydrogens is 266 g/mol. The van der Waals surface area contributed by atoms with Crippen LogP contribution in [0.4, 0.5) is 0 Å². The van der Waals surface area contributed by atoms with Gasteiger partial charge < -0.3 is 9.64 Å². The van der Waals surface area contributed by atoms with Crippen LogP contribution in [-0.2, 0) is 9.53 Å². The first-order chi connectivity index (χ1) is 10.1. The SMILES string of the molecule is CCOC(=O)CCN(C)C(=O)c1ccc2ccccc2c1. The van der Waals surface area contributed by atoms with E-state index in [-0.39, 0.29) is 18.3 Å². The van der Waals surface area contributed by atoms with Crippen molar-refractivity contribution in [2.75, 3.05) is 20.2 Å². The molecule has 0 aliphatic rings. The number of amides is 1. The molecule has 1 amide bonds. The lowest BCUT2D eigenvalue weighted by atomic mass is 10.1. The fourth-order valence-corrected chi connectivity index (χ4v) is 2.14. The van der Waals surface area contributed by atoms with Crippen molar-refractivity contribution in [2.45, 2.75) is 13.3 Å². The van der Waals surface area contributed by atoms with Crippen molar-refractivity contribution in [2.24, 2.45) is 0 Å². The second kappa shape index (κ2) is 6.88. The number of carbonyl (C=O) groups is 2. The van der Waals surface area contributed by atoms with Gasteiger partial charge in [-0.3, -0.25) is 9.59 Å². The maximum atomic E-state index is 12.3. The summed E-state index contributed by atoms with van der Waals surface area (Å²) in [7, 11) is 1.69. The van der Waals surface area contributed by atoms with E-state index in [0.29, 0.717) is 18.7 Å². The molecule has 2 aromatic rings. The van der Waals surface area contributed by atoms with Gasteiger partial charge in [0.05, 0.1) is 13.0 Å². The molecule has 0 fully saturated rings. The predicted octanol–water partition coefficient (Wildman–Crippen LogP) is 2.87. The molecule has 0 aliphatic carbocycles. The number of benzene rings is 2. The van der Waals surface area contributed by atoms with Crippen molar-refractivity contribution < 1.29 is 14.3 Å². The van der Waals surface area contributed by atoms with Gasteiger partial charge in [-0.15, -0.1) is 0 Å². The second-order valence-corrected chi connectivity index (χ2v) is 4.84. The molecule has 0 saturated carbocycles. The van der Waals surface area contributed by atoms with E-state index in [1.165, 1.54) is 0 Å². The van der Waals surface area contributed by atoms with Crippen LogP contribution in [0.25, 0.3) is 10.8 Å². The van der Waals surface area contributed by atoms with Crippen LogP contribution in [0.5, 0.6) is 0 Å². The molecule has 2 aromatic carbocycles. The van der Waals surface area contributed by atoms with E-state index in [1.54, 1.807) is 18.9 Å². The zero-order chi connectivity index (χ0) is 15.2. The Morgan fingerprint density at radius 3 is 2.52 bits per heavy atom. The van der Waals surface area contributed by atoms with E-state index in [9.17, 15) is 9.59 Å². The summed E-state index contributed by atoms with van der Waals surface area (Å²) in [4.78, 5) is 25.2. The van der Waals surface area contributed by atoms with Gasteiger partial charge in [-0.05, 0) is 29.8 Å². The molecule has 0 atom stereocenters. The van der Waals surface area contributed by atoms with Crippen molar-refractivity contribution in [3.05, 3.63) is 48.0 Å². The highest BCUT2D eigenvalue weighted by Gasteiger charge is 2.13. The Kier molecular flexibility index (Phi) is 4.93. The van der Waals surface area contributed by atoms with Crippen molar-refractivity contribution in [3.8, 4) is 0 Å². The van der Waals surface area contributed by atoms with Gasteiger partial charge in [-0.25, -0.2) is 0 Å². The van der Waals surface area contributed by atoms with Gasteiger partial charge in [0, 0.05) is 19.2 Å². The Balaban J connectivity index is 2.05.